The van der Waals surface area contributed by atoms with Crippen LogP contribution in [0.25, 0.3) is 0 Å². The van der Waals surface area contributed by atoms with Crippen LogP contribution in [-0.4, -0.2) is 35.1 Å². The minimum Gasteiger partial charge on any atom is -0.346 e. The largest absolute Gasteiger partial charge is 0.346 e. The van der Waals surface area contributed by atoms with E-state index in [0.29, 0.717) is 35.0 Å². The molecule has 4 N–H and O–H groups in total. The van der Waals surface area contributed by atoms with E-state index in [1.807, 2.05) is 13.8 Å². The Morgan fingerprint density at radius 1 is 1.37 bits per heavy atom. The van der Waals surface area contributed by atoms with Gasteiger partial charge in [-0.05, 0) is 70.6 Å². The van der Waals surface area contributed by atoms with E-state index < -0.39 is 18.3 Å². The molecule has 0 aliphatic heterocycles. The zero-order valence-corrected chi connectivity index (χ0v) is 18.3. The van der Waals surface area contributed by atoms with Crippen LogP contribution in [0.4, 0.5) is 10.2 Å². The number of pyridine rings is 1. The minimum atomic E-state index is -1.05. The molecule has 0 aromatic carbocycles. The number of aryl methyl sites for hydroxylation is 1. The quantitative estimate of drug-likeness (QED) is 0.505. The average Bonchev–Trinajstić information content (AvgIpc) is 3.41. The van der Waals surface area contributed by atoms with E-state index in [4.69, 9.17) is 5.73 Å². The van der Waals surface area contributed by atoms with Crippen molar-refractivity contribution < 1.29 is 14.0 Å². The van der Waals surface area contributed by atoms with Crippen LogP contribution < -0.4 is 16.4 Å². The van der Waals surface area contributed by atoms with Crippen molar-refractivity contribution in [3.63, 3.8) is 0 Å². The number of carbonyl (C=O) groups excluding carboxylic acids is 2. The van der Waals surface area contributed by atoms with Crippen molar-refractivity contribution >= 4 is 17.6 Å². The smallest absolute Gasteiger partial charge is 0.251 e. The van der Waals surface area contributed by atoms with Gasteiger partial charge >= 0.3 is 0 Å². The Bertz CT molecular complexity index is 830. The first-order chi connectivity index (χ1) is 14.0. The van der Waals surface area contributed by atoms with Gasteiger partial charge in [-0.2, -0.15) is 0 Å². The van der Waals surface area contributed by atoms with E-state index in [0.717, 1.165) is 18.4 Å². The molecule has 1 aromatic rings. The van der Waals surface area contributed by atoms with Crippen molar-refractivity contribution in [3.05, 3.63) is 47.2 Å². The summed E-state index contributed by atoms with van der Waals surface area (Å²) in [6, 6.07) is 2.27. The second-order valence-corrected chi connectivity index (χ2v) is 8.39. The number of rotatable bonds is 10. The van der Waals surface area contributed by atoms with Gasteiger partial charge in [-0.3, -0.25) is 9.59 Å². The van der Waals surface area contributed by atoms with Gasteiger partial charge in [0, 0.05) is 29.8 Å². The van der Waals surface area contributed by atoms with E-state index in [1.54, 1.807) is 25.1 Å². The standard InChI is InChI=1S/C23H33FN4O2/c1-13(2)8-19(20(25)9-14(3)24)16(5)27-23(30)18-10-15(4)26-21(12-18)28-22(29)11-17-6-7-17/h8,10,12,14,16-17,20H,1,6-7,9,11,25H2,2-5H3,(H,27,30)(H,26,28,29)/b19-8-. The second-order valence-electron chi connectivity index (χ2n) is 8.39. The molecule has 1 fully saturated rings. The topological polar surface area (TPSA) is 97.1 Å². The first-order valence-electron chi connectivity index (χ1n) is 10.4. The molecule has 6 nitrogen and oxygen atoms in total. The van der Waals surface area contributed by atoms with E-state index >= 15 is 0 Å². The highest BCUT2D eigenvalue weighted by Crippen LogP contribution is 2.32. The zero-order chi connectivity index (χ0) is 22.4. The van der Waals surface area contributed by atoms with E-state index in [2.05, 4.69) is 22.2 Å². The van der Waals surface area contributed by atoms with Crippen LogP contribution in [0, 0.1) is 12.8 Å². The van der Waals surface area contributed by atoms with E-state index in [1.165, 1.54) is 6.92 Å². The number of nitrogens with one attached hydrogen (secondary N) is 2. The predicted molar refractivity (Wildman–Crippen MR) is 118 cm³/mol. The number of anilines is 1. The fourth-order valence-corrected chi connectivity index (χ4v) is 3.33. The molecule has 0 saturated heterocycles. The lowest BCUT2D eigenvalue weighted by atomic mass is 9.94. The van der Waals surface area contributed by atoms with Gasteiger partial charge in [0.15, 0.2) is 0 Å². The van der Waals surface area contributed by atoms with Crippen molar-refractivity contribution in [2.75, 3.05) is 5.32 Å². The number of aromatic nitrogens is 1. The highest BCUT2D eigenvalue weighted by molar-refractivity contribution is 5.97. The number of nitrogens with zero attached hydrogens (tertiary/aromatic N) is 1. The fourth-order valence-electron chi connectivity index (χ4n) is 3.33. The summed E-state index contributed by atoms with van der Waals surface area (Å²) in [4.78, 5) is 29.2. The molecule has 30 heavy (non-hydrogen) atoms. The van der Waals surface area contributed by atoms with Gasteiger partial charge in [0.2, 0.25) is 5.91 Å². The zero-order valence-electron chi connectivity index (χ0n) is 18.3. The SMILES string of the molecule is C=C(C)/C=C(\C(N)CC(C)F)C(C)NC(=O)c1cc(C)nc(NC(=O)CC2CC2)c1. The summed E-state index contributed by atoms with van der Waals surface area (Å²) >= 11 is 0. The maximum atomic E-state index is 13.5. The highest BCUT2D eigenvalue weighted by Gasteiger charge is 2.25. The number of alkyl halides is 1. The number of amides is 2. The van der Waals surface area contributed by atoms with Gasteiger partial charge in [-0.15, -0.1) is 0 Å². The Morgan fingerprint density at radius 3 is 2.60 bits per heavy atom. The van der Waals surface area contributed by atoms with Crippen molar-refractivity contribution in [3.8, 4) is 0 Å². The molecule has 7 heteroatoms. The van der Waals surface area contributed by atoms with Gasteiger partial charge in [-0.1, -0.05) is 18.2 Å². The molecule has 0 radical (unpaired) electrons. The first-order valence-corrected chi connectivity index (χ1v) is 10.4. The molecule has 164 valence electrons. The van der Waals surface area contributed by atoms with Crippen molar-refractivity contribution in [1.82, 2.24) is 10.3 Å². The number of carbonyl (C=O) groups is 2. The Balaban J connectivity index is 2.12. The summed E-state index contributed by atoms with van der Waals surface area (Å²) < 4.78 is 13.5. The van der Waals surface area contributed by atoms with Gasteiger partial charge in [0.25, 0.3) is 5.91 Å². The molecular formula is C23H33FN4O2. The van der Waals surface area contributed by atoms with Gasteiger partial charge in [0.1, 0.15) is 5.82 Å². The summed E-state index contributed by atoms with van der Waals surface area (Å²) in [5.74, 6) is 0.416. The Labute approximate surface area is 178 Å². The molecule has 1 aliphatic rings. The number of allylic oxidation sites excluding steroid dienone is 2. The third-order valence-corrected chi connectivity index (χ3v) is 4.92. The summed E-state index contributed by atoms with van der Waals surface area (Å²) in [6.45, 7) is 10.7. The average molecular weight is 417 g/mol. The second kappa shape index (κ2) is 10.5. The summed E-state index contributed by atoms with van der Waals surface area (Å²) in [5.41, 5.74) is 8.67. The maximum absolute atomic E-state index is 13.5. The van der Waals surface area contributed by atoms with Crippen LogP contribution in [-0.2, 0) is 4.79 Å². The van der Waals surface area contributed by atoms with Crippen LogP contribution in [0.1, 0.15) is 62.5 Å². The van der Waals surface area contributed by atoms with Crippen LogP contribution in [0.15, 0.2) is 35.9 Å². The molecule has 1 aromatic heterocycles. The van der Waals surface area contributed by atoms with Gasteiger partial charge in [-0.25, -0.2) is 9.37 Å². The molecule has 3 unspecified atom stereocenters. The lowest BCUT2D eigenvalue weighted by Gasteiger charge is -2.24. The third-order valence-electron chi connectivity index (χ3n) is 4.92. The molecule has 0 spiro atoms. The fraction of sp³-hybridized carbons (Fsp3) is 0.522. The van der Waals surface area contributed by atoms with Crippen molar-refractivity contribution in [1.29, 1.82) is 0 Å². The molecular weight excluding hydrogens is 383 g/mol. The van der Waals surface area contributed by atoms with E-state index in [9.17, 15) is 14.0 Å². The molecule has 0 bridgehead atoms. The number of nitrogens with two attached hydrogens (primary N) is 1. The highest BCUT2D eigenvalue weighted by atomic mass is 19.1. The minimum absolute atomic E-state index is 0.0895. The van der Waals surface area contributed by atoms with Crippen LogP contribution in [0.2, 0.25) is 0 Å². The van der Waals surface area contributed by atoms with E-state index in [-0.39, 0.29) is 18.2 Å². The Hall–Kier alpha value is -2.54. The van der Waals surface area contributed by atoms with Crippen molar-refractivity contribution in [2.45, 2.75) is 71.6 Å². The molecule has 2 rings (SSSR count). The van der Waals surface area contributed by atoms with Crippen molar-refractivity contribution in [2.24, 2.45) is 11.7 Å². The summed E-state index contributed by atoms with van der Waals surface area (Å²) in [7, 11) is 0. The van der Waals surface area contributed by atoms with Gasteiger partial charge in [0.05, 0.1) is 6.17 Å². The lowest BCUT2D eigenvalue weighted by molar-refractivity contribution is -0.116. The number of hydrogen-bond acceptors (Lipinski definition) is 4. The molecule has 3 atom stereocenters. The summed E-state index contributed by atoms with van der Waals surface area (Å²) in [6.07, 6.45) is 3.55. The number of hydrogen-bond donors (Lipinski definition) is 3. The predicted octanol–water partition coefficient (Wildman–Crippen LogP) is 3.82. The Kier molecular flexibility index (Phi) is 8.29. The monoisotopic (exact) mass is 416 g/mol. The van der Waals surface area contributed by atoms with Gasteiger partial charge < -0.3 is 16.4 Å². The maximum Gasteiger partial charge on any atom is 0.251 e. The van der Waals surface area contributed by atoms with Crippen LogP contribution in [0.5, 0.6) is 0 Å². The molecule has 1 aliphatic carbocycles. The van der Waals surface area contributed by atoms with Crippen LogP contribution >= 0.6 is 0 Å². The third kappa shape index (κ3) is 7.71. The molecule has 1 saturated carbocycles. The first kappa shape index (κ1) is 23.7. The lowest BCUT2D eigenvalue weighted by Crippen LogP contribution is -2.41. The normalized spacial score (nSPS) is 17.1. The number of halogens is 1. The molecule has 2 amide bonds. The van der Waals surface area contributed by atoms with Crippen LogP contribution in [0.3, 0.4) is 0 Å². The molecule has 1 heterocycles. The Morgan fingerprint density at radius 2 is 2.03 bits per heavy atom. The summed E-state index contributed by atoms with van der Waals surface area (Å²) in [5, 5.41) is 5.69.